The quantitative estimate of drug-likeness (QED) is 0.803. The molecule has 2 rings (SSSR count). The molecule has 6 heteroatoms. The summed E-state index contributed by atoms with van der Waals surface area (Å²) in [6, 6.07) is 0. The molecule has 1 N–H and O–H groups in total. The van der Waals surface area contributed by atoms with Crippen molar-refractivity contribution in [3.05, 3.63) is 0 Å². The number of carbonyl (C=O) groups is 2. The van der Waals surface area contributed by atoms with Gasteiger partial charge >= 0.3 is 5.97 Å². The standard InChI is InChI=1S/C15H27N3O3/c1-12-7-13(2)9-18(8-12)14(19)10-16-3-5-17(6-4-16)11-15(20)21/h12-13H,3-11H2,1-2H3,(H,20,21)/t12-,13+. The van der Waals surface area contributed by atoms with Gasteiger partial charge in [0.1, 0.15) is 0 Å². The van der Waals surface area contributed by atoms with Gasteiger partial charge in [0, 0.05) is 39.3 Å². The molecule has 1 amide bonds. The van der Waals surface area contributed by atoms with Crippen LogP contribution in [0.25, 0.3) is 0 Å². The molecule has 0 aliphatic carbocycles. The predicted octanol–water partition coefficient (Wildman–Crippen LogP) is 0.193. The fourth-order valence-corrected chi connectivity index (χ4v) is 3.45. The van der Waals surface area contributed by atoms with Gasteiger partial charge in [-0.1, -0.05) is 13.8 Å². The summed E-state index contributed by atoms with van der Waals surface area (Å²) >= 11 is 0. The maximum atomic E-state index is 12.4. The zero-order valence-corrected chi connectivity index (χ0v) is 13.1. The molecule has 0 radical (unpaired) electrons. The minimum Gasteiger partial charge on any atom is -0.480 e. The van der Waals surface area contributed by atoms with Gasteiger partial charge in [-0.05, 0) is 18.3 Å². The van der Waals surface area contributed by atoms with Crippen LogP contribution in [0, 0.1) is 11.8 Å². The van der Waals surface area contributed by atoms with E-state index in [1.54, 1.807) is 0 Å². The molecule has 2 atom stereocenters. The number of aliphatic carboxylic acids is 1. The highest BCUT2D eigenvalue weighted by Gasteiger charge is 2.27. The first-order chi connectivity index (χ1) is 9.94. The Morgan fingerprint density at radius 2 is 1.43 bits per heavy atom. The summed E-state index contributed by atoms with van der Waals surface area (Å²) in [6.45, 7) is 9.75. The van der Waals surface area contributed by atoms with E-state index in [-0.39, 0.29) is 12.5 Å². The molecule has 0 aromatic heterocycles. The van der Waals surface area contributed by atoms with Crippen LogP contribution in [0.5, 0.6) is 0 Å². The highest BCUT2D eigenvalue weighted by atomic mass is 16.4. The van der Waals surface area contributed by atoms with Crippen LogP contribution in [-0.2, 0) is 9.59 Å². The molecule has 2 aliphatic heterocycles. The Morgan fingerprint density at radius 1 is 0.952 bits per heavy atom. The third-order valence-electron chi connectivity index (χ3n) is 4.40. The van der Waals surface area contributed by atoms with Crippen LogP contribution < -0.4 is 0 Å². The summed E-state index contributed by atoms with van der Waals surface area (Å²) in [5, 5.41) is 8.78. The number of hydrogen-bond acceptors (Lipinski definition) is 4. The van der Waals surface area contributed by atoms with Crippen molar-refractivity contribution in [2.75, 3.05) is 52.4 Å². The number of carboxylic acid groups (broad SMARTS) is 1. The zero-order chi connectivity index (χ0) is 15.4. The Bertz CT molecular complexity index is 370. The summed E-state index contributed by atoms with van der Waals surface area (Å²) < 4.78 is 0. The van der Waals surface area contributed by atoms with Crippen molar-refractivity contribution in [3.8, 4) is 0 Å². The zero-order valence-electron chi connectivity index (χ0n) is 13.1. The first-order valence-corrected chi connectivity index (χ1v) is 7.88. The Hall–Kier alpha value is -1.14. The van der Waals surface area contributed by atoms with E-state index in [1.165, 1.54) is 6.42 Å². The van der Waals surface area contributed by atoms with Crippen LogP contribution in [0.3, 0.4) is 0 Å². The SMILES string of the molecule is C[C@@H]1C[C@H](C)CN(C(=O)CN2CCN(CC(=O)O)CC2)C1. The maximum Gasteiger partial charge on any atom is 0.317 e. The number of piperidine rings is 1. The molecule has 2 saturated heterocycles. The average molecular weight is 297 g/mol. The maximum absolute atomic E-state index is 12.4. The van der Waals surface area contributed by atoms with Crippen LogP contribution >= 0.6 is 0 Å². The second-order valence-electron chi connectivity index (χ2n) is 6.69. The van der Waals surface area contributed by atoms with E-state index in [9.17, 15) is 9.59 Å². The monoisotopic (exact) mass is 297 g/mol. The number of carboxylic acids is 1. The summed E-state index contributed by atoms with van der Waals surface area (Å²) in [4.78, 5) is 29.1. The van der Waals surface area contributed by atoms with Crippen LogP contribution in [-0.4, -0.2) is 84.0 Å². The molecule has 0 unspecified atom stereocenters. The van der Waals surface area contributed by atoms with E-state index in [1.807, 2.05) is 9.80 Å². The molecule has 120 valence electrons. The third-order valence-corrected chi connectivity index (χ3v) is 4.40. The Labute approximate surface area is 126 Å². The Morgan fingerprint density at radius 3 is 1.90 bits per heavy atom. The van der Waals surface area contributed by atoms with Crippen molar-refractivity contribution in [3.63, 3.8) is 0 Å². The van der Waals surface area contributed by atoms with Crippen molar-refractivity contribution in [2.45, 2.75) is 20.3 Å². The molecule has 0 aromatic carbocycles. The lowest BCUT2D eigenvalue weighted by atomic mass is 9.92. The topological polar surface area (TPSA) is 64.1 Å². The number of carbonyl (C=O) groups excluding carboxylic acids is 1. The van der Waals surface area contributed by atoms with Gasteiger partial charge in [0.15, 0.2) is 0 Å². The smallest absolute Gasteiger partial charge is 0.317 e. The molecule has 6 nitrogen and oxygen atoms in total. The van der Waals surface area contributed by atoms with Crippen molar-refractivity contribution in [2.24, 2.45) is 11.8 Å². The highest BCUT2D eigenvalue weighted by Crippen LogP contribution is 2.21. The van der Waals surface area contributed by atoms with Crippen LogP contribution in [0.2, 0.25) is 0 Å². The van der Waals surface area contributed by atoms with Crippen molar-refractivity contribution in [1.82, 2.24) is 14.7 Å². The van der Waals surface area contributed by atoms with E-state index in [0.29, 0.717) is 18.4 Å². The van der Waals surface area contributed by atoms with Crippen LogP contribution in [0.4, 0.5) is 0 Å². The average Bonchev–Trinajstić information content (AvgIpc) is 2.39. The van der Waals surface area contributed by atoms with Crippen molar-refractivity contribution >= 4 is 11.9 Å². The lowest BCUT2D eigenvalue weighted by molar-refractivity contribution is -0.140. The molecule has 2 aliphatic rings. The van der Waals surface area contributed by atoms with Gasteiger partial charge in [-0.3, -0.25) is 19.4 Å². The molecule has 0 spiro atoms. The summed E-state index contributed by atoms with van der Waals surface area (Å²) in [6.07, 6.45) is 1.21. The number of piperazine rings is 1. The molecule has 0 bridgehead atoms. The second kappa shape index (κ2) is 7.22. The van der Waals surface area contributed by atoms with Gasteiger partial charge in [-0.15, -0.1) is 0 Å². The van der Waals surface area contributed by atoms with Gasteiger partial charge in [-0.2, -0.15) is 0 Å². The fraction of sp³-hybridized carbons (Fsp3) is 0.867. The van der Waals surface area contributed by atoms with Gasteiger partial charge in [-0.25, -0.2) is 0 Å². The van der Waals surface area contributed by atoms with Gasteiger partial charge in [0.2, 0.25) is 5.91 Å². The van der Waals surface area contributed by atoms with Crippen LogP contribution in [0.15, 0.2) is 0 Å². The summed E-state index contributed by atoms with van der Waals surface area (Å²) in [5.74, 6) is 0.617. The van der Waals surface area contributed by atoms with Gasteiger partial charge in [0.05, 0.1) is 13.1 Å². The molecule has 0 aromatic rings. The minimum atomic E-state index is -0.782. The summed E-state index contributed by atoms with van der Waals surface area (Å²) in [7, 11) is 0. The number of hydrogen-bond donors (Lipinski definition) is 1. The molecular formula is C15H27N3O3. The Kier molecular flexibility index (Phi) is 5.58. The Balaban J connectivity index is 1.75. The van der Waals surface area contributed by atoms with E-state index >= 15 is 0 Å². The minimum absolute atomic E-state index is 0.100. The first-order valence-electron chi connectivity index (χ1n) is 7.88. The largest absolute Gasteiger partial charge is 0.480 e. The van der Waals surface area contributed by atoms with E-state index in [4.69, 9.17) is 5.11 Å². The van der Waals surface area contributed by atoms with Crippen LogP contribution in [0.1, 0.15) is 20.3 Å². The highest BCUT2D eigenvalue weighted by molar-refractivity contribution is 5.78. The van der Waals surface area contributed by atoms with E-state index < -0.39 is 5.97 Å². The fourth-order valence-electron chi connectivity index (χ4n) is 3.45. The van der Waals surface area contributed by atoms with Gasteiger partial charge in [0.25, 0.3) is 0 Å². The molecule has 0 saturated carbocycles. The molecule has 21 heavy (non-hydrogen) atoms. The number of nitrogens with zero attached hydrogens (tertiary/aromatic N) is 3. The number of rotatable bonds is 4. The molecule has 2 heterocycles. The van der Waals surface area contributed by atoms with Crippen molar-refractivity contribution in [1.29, 1.82) is 0 Å². The summed E-state index contributed by atoms with van der Waals surface area (Å²) in [5.41, 5.74) is 0. The predicted molar refractivity (Wildman–Crippen MR) is 80.0 cm³/mol. The van der Waals surface area contributed by atoms with Crippen molar-refractivity contribution < 1.29 is 14.7 Å². The number of likely N-dealkylation sites (tertiary alicyclic amines) is 1. The molecular weight excluding hydrogens is 270 g/mol. The third kappa shape index (κ3) is 4.97. The van der Waals surface area contributed by atoms with Gasteiger partial charge < -0.3 is 10.0 Å². The lowest BCUT2D eigenvalue weighted by Gasteiger charge is -2.38. The second-order valence-corrected chi connectivity index (χ2v) is 6.69. The number of amides is 1. The van der Waals surface area contributed by atoms with E-state index in [0.717, 1.165) is 39.3 Å². The normalized spacial score (nSPS) is 28.6. The first kappa shape index (κ1) is 16.2. The molecule has 2 fully saturated rings. The lowest BCUT2D eigenvalue weighted by Crippen LogP contribution is -2.52. The van der Waals surface area contributed by atoms with E-state index in [2.05, 4.69) is 18.7 Å².